The van der Waals surface area contributed by atoms with Gasteiger partial charge >= 0.3 is 0 Å². The summed E-state index contributed by atoms with van der Waals surface area (Å²) in [5.41, 5.74) is 8.23. The van der Waals surface area contributed by atoms with Crippen molar-refractivity contribution in [3.8, 4) is 0 Å². The molecule has 3 nitrogen and oxygen atoms in total. The molecule has 0 amide bonds. The Kier molecular flexibility index (Phi) is 4.66. The minimum absolute atomic E-state index is 0.270. The normalized spacial score (nSPS) is 14.1. The molecule has 0 aromatic carbocycles. The first-order chi connectivity index (χ1) is 7.86. The third-order valence-corrected chi connectivity index (χ3v) is 3.52. The van der Waals surface area contributed by atoms with Crippen LogP contribution in [0.15, 0.2) is 18.3 Å². The fourth-order valence-electron chi connectivity index (χ4n) is 1.83. The summed E-state index contributed by atoms with van der Waals surface area (Å²) in [6.45, 7) is 10.4. The average molecular weight is 235 g/mol. The molecule has 1 heterocycles. The van der Waals surface area contributed by atoms with Gasteiger partial charge in [0, 0.05) is 25.3 Å². The summed E-state index contributed by atoms with van der Waals surface area (Å²) in [5, 5.41) is 0. The number of nitrogens with zero attached hydrogens (tertiary/aromatic N) is 2. The SMILES string of the molecule is CC(N(C)Cc1ncccc1CN)C(C)(C)C. The fourth-order valence-corrected chi connectivity index (χ4v) is 1.83. The van der Waals surface area contributed by atoms with Crippen LogP contribution in [-0.4, -0.2) is 23.0 Å². The molecule has 3 heteroatoms. The van der Waals surface area contributed by atoms with Gasteiger partial charge in [-0.1, -0.05) is 26.8 Å². The van der Waals surface area contributed by atoms with Gasteiger partial charge in [-0.3, -0.25) is 9.88 Å². The second-order valence-electron chi connectivity index (χ2n) is 5.77. The molecule has 96 valence electrons. The van der Waals surface area contributed by atoms with Crippen LogP contribution >= 0.6 is 0 Å². The summed E-state index contributed by atoms with van der Waals surface area (Å²) in [6.07, 6.45) is 1.84. The van der Waals surface area contributed by atoms with Crippen LogP contribution in [0.4, 0.5) is 0 Å². The summed E-state index contributed by atoms with van der Waals surface area (Å²) in [4.78, 5) is 6.77. The monoisotopic (exact) mass is 235 g/mol. The van der Waals surface area contributed by atoms with Gasteiger partial charge in [-0.2, -0.15) is 0 Å². The molecule has 0 aliphatic rings. The highest BCUT2D eigenvalue weighted by molar-refractivity contribution is 5.19. The zero-order chi connectivity index (χ0) is 13.1. The van der Waals surface area contributed by atoms with Crippen LogP contribution < -0.4 is 5.73 Å². The number of rotatable bonds is 4. The first-order valence-corrected chi connectivity index (χ1v) is 6.19. The number of aromatic nitrogens is 1. The van der Waals surface area contributed by atoms with E-state index in [2.05, 4.69) is 50.7 Å². The van der Waals surface area contributed by atoms with Gasteiger partial charge in [0.05, 0.1) is 5.69 Å². The van der Waals surface area contributed by atoms with Crippen molar-refractivity contribution in [2.75, 3.05) is 7.05 Å². The van der Waals surface area contributed by atoms with E-state index in [0.717, 1.165) is 17.8 Å². The van der Waals surface area contributed by atoms with E-state index in [1.54, 1.807) is 0 Å². The van der Waals surface area contributed by atoms with E-state index >= 15 is 0 Å². The topological polar surface area (TPSA) is 42.2 Å². The lowest BCUT2D eigenvalue weighted by Gasteiger charge is -2.35. The Morgan fingerprint density at radius 1 is 1.41 bits per heavy atom. The molecule has 0 saturated heterocycles. The summed E-state index contributed by atoms with van der Waals surface area (Å²) in [7, 11) is 2.14. The van der Waals surface area contributed by atoms with Crippen molar-refractivity contribution >= 4 is 0 Å². The van der Waals surface area contributed by atoms with Gasteiger partial charge in [0.1, 0.15) is 0 Å². The molecule has 1 atom stereocenters. The van der Waals surface area contributed by atoms with Crippen LogP contribution in [0.3, 0.4) is 0 Å². The number of nitrogens with two attached hydrogens (primary N) is 1. The van der Waals surface area contributed by atoms with E-state index in [9.17, 15) is 0 Å². The van der Waals surface area contributed by atoms with E-state index in [1.807, 2.05) is 12.3 Å². The lowest BCUT2D eigenvalue weighted by atomic mass is 9.87. The standard InChI is InChI=1S/C14H25N3/c1-11(14(2,3)4)17(5)10-13-12(9-15)7-6-8-16-13/h6-8,11H,9-10,15H2,1-5H3. The van der Waals surface area contributed by atoms with Crippen molar-refractivity contribution in [1.82, 2.24) is 9.88 Å². The molecule has 2 N–H and O–H groups in total. The Bertz CT molecular complexity index is 355. The highest BCUT2D eigenvalue weighted by Gasteiger charge is 2.24. The molecule has 0 spiro atoms. The third kappa shape index (κ3) is 3.79. The van der Waals surface area contributed by atoms with Gasteiger partial charge in [-0.05, 0) is 31.0 Å². The Labute approximate surface area is 105 Å². The minimum Gasteiger partial charge on any atom is -0.326 e. The molecule has 0 radical (unpaired) electrons. The van der Waals surface area contributed by atoms with E-state index in [-0.39, 0.29) is 5.41 Å². The van der Waals surface area contributed by atoms with Gasteiger partial charge < -0.3 is 5.73 Å². The van der Waals surface area contributed by atoms with Crippen molar-refractivity contribution < 1.29 is 0 Å². The van der Waals surface area contributed by atoms with Crippen LogP contribution in [-0.2, 0) is 13.1 Å². The van der Waals surface area contributed by atoms with E-state index in [0.29, 0.717) is 12.6 Å². The maximum Gasteiger partial charge on any atom is 0.0588 e. The summed E-state index contributed by atoms with van der Waals surface area (Å²) in [5.74, 6) is 0. The quantitative estimate of drug-likeness (QED) is 0.871. The molecular weight excluding hydrogens is 210 g/mol. The molecule has 1 rings (SSSR count). The zero-order valence-electron chi connectivity index (χ0n) is 11.7. The Morgan fingerprint density at radius 3 is 2.59 bits per heavy atom. The molecule has 17 heavy (non-hydrogen) atoms. The average Bonchev–Trinajstić information content (AvgIpc) is 2.27. The van der Waals surface area contributed by atoms with Crippen molar-refractivity contribution in [3.63, 3.8) is 0 Å². The third-order valence-electron chi connectivity index (χ3n) is 3.52. The first kappa shape index (κ1) is 14.1. The second-order valence-corrected chi connectivity index (χ2v) is 5.77. The molecule has 0 saturated carbocycles. The van der Waals surface area contributed by atoms with E-state index in [1.165, 1.54) is 0 Å². The van der Waals surface area contributed by atoms with Crippen LogP contribution in [0.25, 0.3) is 0 Å². The molecular formula is C14H25N3. The predicted octanol–water partition coefficient (Wildman–Crippen LogP) is 2.41. The van der Waals surface area contributed by atoms with Gasteiger partial charge in [0.25, 0.3) is 0 Å². The summed E-state index contributed by atoms with van der Waals surface area (Å²) >= 11 is 0. The lowest BCUT2D eigenvalue weighted by Crippen LogP contribution is -2.39. The first-order valence-electron chi connectivity index (χ1n) is 6.19. The van der Waals surface area contributed by atoms with E-state index < -0.39 is 0 Å². The fraction of sp³-hybridized carbons (Fsp3) is 0.643. The summed E-state index contributed by atoms with van der Waals surface area (Å²) in [6, 6.07) is 4.49. The van der Waals surface area contributed by atoms with Crippen LogP contribution in [0, 0.1) is 5.41 Å². The molecule has 1 aromatic heterocycles. The van der Waals surface area contributed by atoms with Gasteiger partial charge in [0.2, 0.25) is 0 Å². The Morgan fingerprint density at radius 2 is 2.06 bits per heavy atom. The maximum absolute atomic E-state index is 5.73. The molecule has 0 fully saturated rings. The molecule has 0 aliphatic carbocycles. The number of pyridine rings is 1. The molecule has 0 aliphatic heterocycles. The van der Waals surface area contributed by atoms with Gasteiger partial charge in [0.15, 0.2) is 0 Å². The molecule has 1 aromatic rings. The Hall–Kier alpha value is -0.930. The van der Waals surface area contributed by atoms with Crippen LogP contribution in [0.2, 0.25) is 0 Å². The molecule has 0 bridgehead atoms. The number of hydrogen-bond donors (Lipinski definition) is 1. The smallest absolute Gasteiger partial charge is 0.0588 e. The maximum atomic E-state index is 5.73. The highest BCUT2D eigenvalue weighted by atomic mass is 15.1. The minimum atomic E-state index is 0.270. The molecule has 1 unspecified atom stereocenters. The van der Waals surface area contributed by atoms with Crippen molar-refractivity contribution in [3.05, 3.63) is 29.6 Å². The predicted molar refractivity (Wildman–Crippen MR) is 72.5 cm³/mol. The van der Waals surface area contributed by atoms with Crippen molar-refractivity contribution in [2.24, 2.45) is 11.1 Å². The zero-order valence-corrected chi connectivity index (χ0v) is 11.7. The van der Waals surface area contributed by atoms with Crippen molar-refractivity contribution in [2.45, 2.75) is 46.8 Å². The van der Waals surface area contributed by atoms with Gasteiger partial charge in [-0.15, -0.1) is 0 Å². The highest BCUT2D eigenvalue weighted by Crippen LogP contribution is 2.24. The van der Waals surface area contributed by atoms with Crippen molar-refractivity contribution in [1.29, 1.82) is 0 Å². The van der Waals surface area contributed by atoms with Crippen LogP contribution in [0.5, 0.6) is 0 Å². The van der Waals surface area contributed by atoms with Gasteiger partial charge in [-0.25, -0.2) is 0 Å². The number of hydrogen-bond acceptors (Lipinski definition) is 3. The van der Waals surface area contributed by atoms with E-state index in [4.69, 9.17) is 5.73 Å². The lowest BCUT2D eigenvalue weighted by molar-refractivity contribution is 0.133. The largest absolute Gasteiger partial charge is 0.326 e. The van der Waals surface area contributed by atoms with Crippen LogP contribution in [0.1, 0.15) is 39.0 Å². The summed E-state index contributed by atoms with van der Waals surface area (Å²) < 4.78 is 0. The second kappa shape index (κ2) is 5.61. The Balaban J connectivity index is 2.77.